The Balaban J connectivity index is 2.63. The summed E-state index contributed by atoms with van der Waals surface area (Å²) in [7, 11) is 0. The van der Waals surface area contributed by atoms with Gasteiger partial charge in [0.1, 0.15) is 5.75 Å². The molecule has 3 amide bonds. The first kappa shape index (κ1) is 13.5. The molecule has 0 saturated heterocycles. The quantitative estimate of drug-likeness (QED) is 0.752. The van der Waals surface area contributed by atoms with Crippen molar-refractivity contribution in [2.24, 2.45) is 11.5 Å². The molecule has 7 heteroatoms. The molecule has 5 N–H and O–H groups in total. The molecule has 1 rings (SSSR count). The maximum atomic E-state index is 11.1. The highest BCUT2D eigenvalue weighted by atomic mass is 79.9. The van der Waals surface area contributed by atoms with E-state index in [9.17, 15) is 9.59 Å². The zero-order chi connectivity index (χ0) is 12.8. The van der Waals surface area contributed by atoms with Crippen LogP contribution < -0.4 is 21.5 Å². The van der Waals surface area contributed by atoms with Gasteiger partial charge < -0.3 is 16.2 Å². The molecule has 92 valence electrons. The second kappa shape index (κ2) is 6.21. The third-order valence-corrected chi connectivity index (χ3v) is 2.36. The first-order valence-electron chi connectivity index (χ1n) is 4.73. The van der Waals surface area contributed by atoms with Gasteiger partial charge in [0.25, 0.3) is 5.91 Å². The molecule has 0 unspecified atom stereocenters. The van der Waals surface area contributed by atoms with Gasteiger partial charge in [-0.1, -0.05) is 15.9 Å². The van der Waals surface area contributed by atoms with Gasteiger partial charge in [-0.15, -0.1) is 0 Å². The van der Waals surface area contributed by atoms with Crippen molar-refractivity contribution in [3.8, 4) is 5.75 Å². The van der Waals surface area contributed by atoms with Crippen LogP contribution in [0.25, 0.3) is 0 Å². The summed E-state index contributed by atoms with van der Waals surface area (Å²) in [5.74, 6) is -0.112. The van der Waals surface area contributed by atoms with E-state index in [4.69, 9.17) is 16.2 Å². The van der Waals surface area contributed by atoms with E-state index in [0.29, 0.717) is 5.75 Å². The number of imide groups is 1. The highest BCUT2D eigenvalue weighted by Crippen LogP contribution is 2.22. The summed E-state index contributed by atoms with van der Waals surface area (Å²) in [6.07, 6.45) is 0. The predicted octanol–water partition coefficient (Wildman–Crippen LogP) is 0.481. The third-order valence-electron chi connectivity index (χ3n) is 1.86. The SMILES string of the molecule is NCc1cc(Br)ccc1OCC(=O)NC(N)=O. The van der Waals surface area contributed by atoms with Gasteiger partial charge >= 0.3 is 6.03 Å². The normalized spacial score (nSPS) is 9.76. The minimum absolute atomic E-state index is 0.284. The summed E-state index contributed by atoms with van der Waals surface area (Å²) in [6.45, 7) is -0.0101. The molecule has 0 bridgehead atoms. The summed E-state index contributed by atoms with van der Waals surface area (Å²) < 4.78 is 6.09. The number of amides is 3. The Kier molecular flexibility index (Phi) is 4.92. The number of hydrogen-bond acceptors (Lipinski definition) is 4. The monoisotopic (exact) mass is 301 g/mol. The van der Waals surface area contributed by atoms with E-state index in [1.807, 2.05) is 5.32 Å². The van der Waals surface area contributed by atoms with Gasteiger partial charge in [0, 0.05) is 16.6 Å². The molecule has 0 spiro atoms. The average molecular weight is 302 g/mol. The number of nitrogens with two attached hydrogens (primary N) is 2. The highest BCUT2D eigenvalue weighted by molar-refractivity contribution is 9.10. The fourth-order valence-corrected chi connectivity index (χ4v) is 1.57. The predicted molar refractivity (Wildman–Crippen MR) is 65.3 cm³/mol. The van der Waals surface area contributed by atoms with Crippen LogP contribution in [0.3, 0.4) is 0 Å². The molecule has 0 aliphatic rings. The third kappa shape index (κ3) is 4.41. The van der Waals surface area contributed by atoms with Crippen LogP contribution in [0.4, 0.5) is 4.79 Å². The van der Waals surface area contributed by atoms with E-state index in [2.05, 4.69) is 15.9 Å². The van der Waals surface area contributed by atoms with Crippen LogP contribution in [0.15, 0.2) is 22.7 Å². The van der Waals surface area contributed by atoms with Crippen molar-refractivity contribution in [2.45, 2.75) is 6.54 Å². The molecular formula is C10H12BrN3O3. The number of carbonyl (C=O) groups is 2. The lowest BCUT2D eigenvalue weighted by molar-refractivity contribution is -0.121. The van der Waals surface area contributed by atoms with Crippen LogP contribution in [0.5, 0.6) is 5.75 Å². The molecule has 0 fully saturated rings. The van der Waals surface area contributed by atoms with Crippen molar-refractivity contribution in [2.75, 3.05) is 6.61 Å². The molecule has 0 heterocycles. The second-order valence-corrected chi connectivity index (χ2v) is 4.07. The molecule has 1 aromatic carbocycles. The molecule has 17 heavy (non-hydrogen) atoms. The topological polar surface area (TPSA) is 107 Å². The van der Waals surface area contributed by atoms with Crippen molar-refractivity contribution in [1.29, 1.82) is 0 Å². The van der Waals surface area contributed by atoms with Gasteiger partial charge in [0.2, 0.25) is 0 Å². The van der Waals surface area contributed by atoms with E-state index in [1.165, 1.54) is 0 Å². The Bertz CT molecular complexity index is 437. The Labute approximate surface area is 106 Å². The number of halogens is 1. The lowest BCUT2D eigenvalue weighted by Gasteiger charge is -2.10. The number of primary amides is 1. The fourth-order valence-electron chi connectivity index (χ4n) is 1.17. The molecule has 0 aromatic heterocycles. The Hall–Kier alpha value is -1.60. The number of ether oxygens (including phenoxy) is 1. The Morgan fingerprint density at radius 3 is 2.71 bits per heavy atom. The van der Waals surface area contributed by atoms with E-state index in [1.54, 1.807) is 18.2 Å². The largest absolute Gasteiger partial charge is 0.483 e. The highest BCUT2D eigenvalue weighted by Gasteiger charge is 2.08. The fraction of sp³-hybridized carbons (Fsp3) is 0.200. The van der Waals surface area contributed by atoms with Gasteiger partial charge in [0.15, 0.2) is 6.61 Å². The van der Waals surface area contributed by atoms with Crippen molar-refractivity contribution in [3.63, 3.8) is 0 Å². The summed E-state index contributed by atoms with van der Waals surface area (Å²) in [4.78, 5) is 21.5. The zero-order valence-corrected chi connectivity index (χ0v) is 10.5. The van der Waals surface area contributed by atoms with Crippen LogP contribution in [0.2, 0.25) is 0 Å². The van der Waals surface area contributed by atoms with Crippen molar-refractivity contribution < 1.29 is 14.3 Å². The van der Waals surface area contributed by atoms with Gasteiger partial charge in [0.05, 0.1) is 0 Å². The van der Waals surface area contributed by atoms with Gasteiger partial charge in [-0.05, 0) is 18.2 Å². The minimum Gasteiger partial charge on any atom is -0.483 e. The molecule has 0 radical (unpaired) electrons. The number of rotatable bonds is 4. The van der Waals surface area contributed by atoms with Gasteiger partial charge in [-0.3, -0.25) is 10.1 Å². The van der Waals surface area contributed by atoms with Crippen molar-refractivity contribution >= 4 is 27.9 Å². The smallest absolute Gasteiger partial charge is 0.318 e. The van der Waals surface area contributed by atoms with Crippen LogP contribution in [0.1, 0.15) is 5.56 Å². The lowest BCUT2D eigenvalue weighted by atomic mass is 10.2. The number of carbonyl (C=O) groups excluding carboxylic acids is 2. The number of benzene rings is 1. The van der Waals surface area contributed by atoms with E-state index < -0.39 is 11.9 Å². The number of hydrogen-bond donors (Lipinski definition) is 3. The van der Waals surface area contributed by atoms with Gasteiger partial charge in [-0.2, -0.15) is 0 Å². The van der Waals surface area contributed by atoms with Crippen LogP contribution in [-0.2, 0) is 11.3 Å². The summed E-state index contributed by atoms with van der Waals surface area (Å²) in [6, 6.07) is 4.33. The van der Waals surface area contributed by atoms with Crippen LogP contribution >= 0.6 is 15.9 Å². The first-order valence-corrected chi connectivity index (χ1v) is 5.53. The Morgan fingerprint density at radius 1 is 1.41 bits per heavy atom. The number of urea groups is 1. The molecule has 0 saturated carbocycles. The van der Waals surface area contributed by atoms with Crippen LogP contribution in [-0.4, -0.2) is 18.5 Å². The summed E-state index contributed by atoms with van der Waals surface area (Å²) in [5, 5.41) is 1.90. The summed E-state index contributed by atoms with van der Waals surface area (Å²) >= 11 is 3.30. The lowest BCUT2D eigenvalue weighted by Crippen LogP contribution is -2.38. The van der Waals surface area contributed by atoms with E-state index in [0.717, 1.165) is 10.0 Å². The maximum Gasteiger partial charge on any atom is 0.318 e. The maximum absolute atomic E-state index is 11.1. The Morgan fingerprint density at radius 2 is 2.12 bits per heavy atom. The zero-order valence-electron chi connectivity index (χ0n) is 8.90. The van der Waals surface area contributed by atoms with E-state index >= 15 is 0 Å². The molecule has 0 atom stereocenters. The van der Waals surface area contributed by atoms with Crippen LogP contribution in [0, 0.1) is 0 Å². The molecule has 0 aliphatic heterocycles. The molecule has 1 aromatic rings. The first-order chi connectivity index (χ1) is 8.02. The number of nitrogens with one attached hydrogen (secondary N) is 1. The minimum atomic E-state index is -0.909. The van der Waals surface area contributed by atoms with Crippen molar-refractivity contribution in [1.82, 2.24) is 5.32 Å². The molecule has 6 nitrogen and oxygen atoms in total. The molecule has 0 aliphatic carbocycles. The second-order valence-electron chi connectivity index (χ2n) is 3.16. The molecular weight excluding hydrogens is 290 g/mol. The average Bonchev–Trinajstić information content (AvgIpc) is 2.26. The standard InChI is InChI=1S/C10H12BrN3O3/c11-7-1-2-8(6(3-7)4-12)17-5-9(15)14-10(13)16/h1-3H,4-5,12H2,(H3,13,14,15,16). The summed E-state index contributed by atoms with van der Waals surface area (Å²) in [5.41, 5.74) is 11.1. The van der Waals surface area contributed by atoms with Crippen molar-refractivity contribution in [3.05, 3.63) is 28.2 Å². The van der Waals surface area contributed by atoms with E-state index in [-0.39, 0.29) is 13.2 Å². The van der Waals surface area contributed by atoms with Gasteiger partial charge in [-0.25, -0.2) is 4.79 Å².